The Kier molecular flexibility index (Phi) is 5.48. The van der Waals surface area contributed by atoms with Crippen molar-refractivity contribution in [1.29, 1.82) is 0 Å². The van der Waals surface area contributed by atoms with Crippen molar-refractivity contribution in [3.8, 4) is 0 Å². The van der Waals surface area contributed by atoms with E-state index in [1.165, 1.54) is 0 Å². The number of hydrogen-bond acceptors (Lipinski definition) is 2. The van der Waals surface area contributed by atoms with Gasteiger partial charge in [-0.25, -0.2) is 0 Å². The fraction of sp³-hybridized carbons (Fsp3) is 0.714. The molecule has 2 nitrogen and oxygen atoms in total. The van der Waals surface area contributed by atoms with Gasteiger partial charge in [0.05, 0.1) is 6.61 Å². The maximum Gasteiger partial charge on any atom is 0.460 e. The summed E-state index contributed by atoms with van der Waals surface area (Å²) in [6.45, 7) is 8.19. The highest BCUT2D eigenvalue weighted by molar-refractivity contribution is 7.65. The van der Waals surface area contributed by atoms with Crippen LogP contribution in [0.3, 0.4) is 0 Å². The molecule has 64 valence electrons. The van der Waals surface area contributed by atoms with Crippen LogP contribution in [0.15, 0.2) is 6.58 Å². The summed E-state index contributed by atoms with van der Waals surface area (Å²) in [5.41, 5.74) is 2.86. The molecule has 0 saturated carbocycles. The van der Waals surface area contributed by atoms with Crippen LogP contribution in [0.5, 0.6) is 0 Å². The van der Waals surface area contributed by atoms with Gasteiger partial charge in [-0.1, -0.05) is 23.6 Å². The van der Waals surface area contributed by atoms with E-state index >= 15 is 0 Å². The molecule has 0 aromatic rings. The fourth-order valence-electron chi connectivity index (χ4n) is 0.762. The van der Waals surface area contributed by atoms with Crippen LogP contribution in [0.2, 0.25) is 11.6 Å². The van der Waals surface area contributed by atoms with Gasteiger partial charge in [-0.3, -0.25) is 0 Å². The van der Waals surface area contributed by atoms with Crippen molar-refractivity contribution in [3.63, 3.8) is 0 Å². The van der Waals surface area contributed by atoms with Crippen molar-refractivity contribution in [3.05, 3.63) is 6.58 Å². The maximum atomic E-state index is 5.68. The summed E-state index contributed by atoms with van der Waals surface area (Å²) in [4.78, 5) is 0. The first-order valence-electron chi connectivity index (χ1n) is 3.78. The van der Waals surface area contributed by atoms with E-state index in [0.717, 1.165) is 0 Å². The van der Waals surface area contributed by atoms with Crippen LogP contribution in [-0.2, 0) is 8.10 Å². The lowest BCUT2D eigenvalue weighted by molar-refractivity contribution is 0.336. The third-order valence-corrected chi connectivity index (χ3v) is 5.70. The zero-order valence-electron chi connectivity index (χ0n) is 7.76. The summed E-state index contributed by atoms with van der Waals surface area (Å²) >= 11 is -1.02. The third-order valence-electron chi connectivity index (χ3n) is 1.07. The number of hydrogen-bond donors (Lipinski definition) is 0. The highest BCUT2D eigenvalue weighted by Gasteiger charge is 2.15. The molecule has 0 rings (SSSR count). The Morgan fingerprint density at radius 1 is 1.55 bits per heavy atom. The van der Waals surface area contributed by atoms with Gasteiger partial charge < -0.3 is 8.10 Å². The molecule has 0 saturated heterocycles. The Balaban J connectivity index is 4.25. The van der Waals surface area contributed by atoms with Crippen molar-refractivity contribution in [2.45, 2.75) is 18.5 Å². The van der Waals surface area contributed by atoms with Gasteiger partial charge >= 0.3 is 14.5 Å². The molecule has 11 heavy (non-hydrogen) atoms. The largest absolute Gasteiger partial charge is 0.460 e. The highest BCUT2D eigenvalue weighted by Crippen LogP contribution is 2.44. The van der Waals surface area contributed by atoms with Gasteiger partial charge in [-0.05, 0) is 6.92 Å². The van der Waals surface area contributed by atoms with E-state index in [1.807, 2.05) is 13.6 Å². The molecule has 1 unspecified atom stereocenters. The topological polar surface area (TPSA) is 18.5 Å². The second-order valence-electron chi connectivity index (χ2n) is 2.58. The predicted octanol–water partition coefficient (Wildman–Crippen LogP) is 2.36. The third kappa shape index (κ3) is 4.88. The van der Waals surface area contributed by atoms with E-state index in [1.54, 1.807) is 0 Å². The first-order valence-corrected chi connectivity index (χ1v) is 8.63. The summed E-state index contributed by atoms with van der Waals surface area (Å²) in [6.07, 6.45) is 0. The molecule has 0 aromatic heterocycles. The van der Waals surface area contributed by atoms with Crippen LogP contribution in [0.25, 0.3) is 0 Å². The van der Waals surface area contributed by atoms with Gasteiger partial charge in [0.15, 0.2) is 0 Å². The van der Waals surface area contributed by atoms with E-state index in [9.17, 15) is 0 Å². The van der Waals surface area contributed by atoms with E-state index in [-0.39, 0.29) is 0 Å². The molecule has 0 N–H and O–H groups in total. The Labute approximate surface area is 74.1 Å². The lowest BCUT2D eigenvalue weighted by atomic mass is 10.9. The SMILES string of the molecule is C=C=P(C)(OCC)[O][Al]([CH3])[CH3]. The zero-order chi connectivity index (χ0) is 8.91. The lowest BCUT2D eigenvalue weighted by Crippen LogP contribution is -2.07. The van der Waals surface area contributed by atoms with Crippen LogP contribution in [0.1, 0.15) is 6.92 Å². The summed E-state index contributed by atoms with van der Waals surface area (Å²) < 4.78 is 11.1. The second-order valence-corrected chi connectivity index (χ2v) is 7.78. The van der Waals surface area contributed by atoms with Gasteiger partial charge in [-0.15, -0.1) is 0 Å². The minimum Gasteiger partial charge on any atom is -0.457 e. The monoisotopic (exact) mass is 190 g/mol. The van der Waals surface area contributed by atoms with Crippen molar-refractivity contribution >= 4 is 27.3 Å². The normalized spacial score (nSPS) is 15.3. The highest BCUT2D eigenvalue weighted by atomic mass is 31.2. The van der Waals surface area contributed by atoms with Crippen LogP contribution in [0.4, 0.5) is 0 Å². The van der Waals surface area contributed by atoms with Crippen molar-refractivity contribution in [2.24, 2.45) is 0 Å². The molecule has 0 aliphatic heterocycles. The van der Waals surface area contributed by atoms with Gasteiger partial charge in [0.25, 0.3) is 0 Å². The van der Waals surface area contributed by atoms with Gasteiger partial charge in [0.1, 0.15) is 7.34 Å². The molecule has 1 atom stereocenters. The molecular formula is C7H16AlO2P. The maximum absolute atomic E-state index is 5.68. The molecule has 0 bridgehead atoms. The summed E-state index contributed by atoms with van der Waals surface area (Å²) in [5, 5.41) is 0. The quantitative estimate of drug-likeness (QED) is 0.500. The molecular weight excluding hydrogens is 174 g/mol. The smallest absolute Gasteiger partial charge is 0.457 e. The van der Waals surface area contributed by atoms with Crippen LogP contribution in [0, 0.1) is 0 Å². The summed E-state index contributed by atoms with van der Waals surface area (Å²) in [7, 11) is -1.81. The Bertz CT molecular complexity index is 185. The first kappa shape index (κ1) is 11.5. The lowest BCUT2D eigenvalue weighted by Gasteiger charge is -2.20. The summed E-state index contributed by atoms with van der Waals surface area (Å²) in [5.74, 6) is 4.24. The average molecular weight is 190 g/mol. The van der Waals surface area contributed by atoms with Crippen molar-refractivity contribution in [2.75, 3.05) is 13.3 Å². The van der Waals surface area contributed by atoms with E-state index < -0.39 is 21.8 Å². The Hall–Kier alpha value is 0.532. The van der Waals surface area contributed by atoms with Gasteiger partial charge in [0, 0.05) is 6.66 Å². The molecule has 0 amide bonds. The van der Waals surface area contributed by atoms with Crippen LogP contribution >= 0.6 is 7.34 Å². The first-order chi connectivity index (χ1) is 5.04. The fourth-order valence-corrected chi connectivity index (χ4v) is 5.11. The van der Waals surface area contributed by atoms with E-state index in [0.29, 0.717) is 6.61 Å². The second kappa shape index (κ2) is 5.23. The summed E-state index contributed by atoms with van der Waals surface area (Å²) in [6, 6.07) is 0. The molecule has 0 aliphatic rings. The minimum atomic E-state index is -1.81. The minimum absolute atomic E-state index is 0.675. The molecule has 0 spiro atoms. The Morgan fingerprint density at radius 3 is 2.36 bits per heavy atom. The number of rotatable bonds is 4. The molecule has 0 radical (unpaired) electrons. The molecule has 0 aliphatic carbocycles. The molecule has 0 fully saturated rings. The average Bonchev–Trinajstić information content (AvgIpc) is 1.87. The standard InChI is InChI=1S/C5H10O2P.2CH3.Al/c1-4-7-8(3,6)5-2;;;/h2,4H2,1,3H3;2*1H3;/q-1;;;+1. The van der Waals surface area contributed by atoms with Crippen LogP contribution < -0.4 is 0 Å². The van der Waals surface area contributed by atoms with Gasteiger partial charge in [0.2, 0.25) is 0 Å². The zero-order valence-corrected chi connectivity index (χ0v) is 9.80. The van der Waals surface area contributed by atoms with Crippen molar-refractivity contribution < 1.29 is 8.10 Å². The molecule has 4 heteroatoms. The van der Waals surface area contributed by atoms with Gasteiger partial charge in [-0.2, -0.15) is 0 Å². The van der Waals surface area contributed by atoms with E-state index in [4.69, 9.17) is 8.10 Å². The van der Waals surface area contributed by atoms with Crippen LogP contribution in [-0.4, -0.2) is 33.2 Å². The van der Waals surface area contributed by atoms with Crippen molar-refractivity contribution in [1.82, 2.24) is 0 Å². The molecule has 0 heterocycles. The van der Waals surface area contributed by atoms with E-state index in [2.05, 4.69) is 23.6 Å². The predicted molar refractivity (Wildman–Crippen MR) is 53.7 cm³/mol. The Morgan fingerprint density at radius 2 is 2.09 bits per heavy atom. The molecule has 0 aromatic carbocycles.